The summed E-state index contributed by atoms with van der Waals surface area (Å²) in [5.41, 5.74) is 1.76. The van der Waals surface area contributed by atoms with Gasteiger partial charge in [0.2, 0.25) is 0 Å². The Labute approximate surface area is 79.8 Å². The van der Waals surface area contributed by atoms with Gasteiger partial charge in [-0.1, -0.05) is 6.07 Å². The van der Waals surface area contributed by atoms with E-state index in [-0.39, 0.29) is 5.69 Å². The third-order valence-electron chi connectivity index (χ3n) is 1.84. The predicted molar refractivity (Wildman–Crippen MR) is 48.9 cm³/mol. The Balaban J connectivity index is 2.36. The molecule has 0 aliphatic rings. The van der Waals surface area contributed by atoms with Crippen molar-refractivity contribution in [1.82, 2.24) is 4.98 Å². The molecule has 1 N–H and O–H groups in total. The quantitative estimate of drug-likeness (QED) is 0.785. The number of carboxylic acid groups (broad SMARTS) is 1. The molecule has 0 radical (unpaired) electrons. The molecule has 2 heterocycles. The lowest BCUT2D eigenvalue weighted by Crippen LogP contribution is -1.98. The van der Waals surface area contributed by atoms with Gasteiger partial charge in [0, 0.05) is 17.3 Å². The fourth-order valence-corrected chi connectivity index (χ4v) is 1.12. The van der Waals surface area contributed by atoms with Gasteiger partial charge in [0.1, 0.15) is 5.69 Å². The molecule has 2 aromatic rings. The summed E-state index contributed by atoms with van der Waals surface area (Å²) < 4.78 is 4.90. The summed E-state index contributed by atoms with van der Waals surface area (Å²) >= 11 is 0. The summed E-state index contributed by atoms with van der Waals surface area (Å²) in [6.45, 7) is 0. The molecule has 4 heteroatoms. The van der Waals surface area contributed by atoms with E-state index in [0.717, 1.165) is 11.1 Å². The first kappa shape index (κ1) is 8.50. The van der Waals surface area contributed by atoms with E-state index in [1.165, 1.54) is 12.3 Å². The van der Waals surface area contributed by atoms with Crippen molar-refractivity contribution in [2.45, 2.75) is 0 Å². The molecule has 2 aromatic heterocycles. The summed E-state index contributed by atoms with van der Waals surface area (Å²) in [5.74, 6) is -1.02. The van der Waals surface area contributed by atoms with E-state index in [1.807, 2.05) is 0 Å². The van der Waals surface area contributed by atoms with Crippen LogP contribution in [0.15, 0.2) is 41.3 Å². The monoisotopic (exact) mass is 189 g/mol. The van der Waals surface area contributed by atoms with E-state index in [9.17, 15) is 4.79 Å². The van der Waals surface area contributed by atoms with Gasteiger partial charge in [-0.2, -0.15) is 0 Å². The van der Waals surface area contributed by atoms with E-state index in [4.69, 9.17) is 9.52 Å². The first-order valence-electron chi connectivity index (χ1n) is 3.99. The van der Waals surface area contributed by atoms with E-state index < -0.39 is 5.97 Å². The first-order chi connectivity index (χ1) is 6.77. The predicted octanol–water partition coefficient (Wildman–Crippen LogP) is 2.04. The molecule has 0 aliphatic carbocycles. The highest BCUT2D eigenvalue weighted by atomic mass is 16.4. The molecule has 0 amide bonds. The Morgan fingerprint density at radius 3 is 2.64 bits per heavy atom. The maximum Gasteiger partial charge on any atom is 0.354 e. The van der Waals surface area contributed by atoms with Gasteiger partial charge in [0.15, 0.2) is 0 Å². The minimum atomic E-state index is -1.02. The fraction of sp³-hybridized carbons (Fsp3) is 0. The number of hydrogen-bond acceptors (Lipinski definition) is 3. The van der Waals surface area contributed by atoms with Crippen molar-refractivity contribution in [3.05, 3.63) is 42.6 Å². The van der Waals surface area contributed by atoms with Gasteiger partial charge >= 0.3 is 5.97 Å². The molecular weight excluding hydrogens is 182 g/mol. The molecule has 14 heavy (non-hydrogen) atoms. The first-order valence-corrected chi connectivity index (χ1v) is 3.99. The van der Waals surface area contributed by atoms with Gasteiger partial charge in [0.25, 0.3) is 0 Å². The summed E-state index contributed by atoms with van der Waals surface area (Å²) in [7, 11) is 0. The van der Waals surface area contributed by atoms with Crippen LogP contribution in [0.3, 0.4) is 0 Å². The summed E-state index contributed by atoms with van der Waals surface area (Å²) in [4.78, 5) is 14.3. The number of nitrogens with zero attached hydrogens (tertiary/aromatic N) is 1. The zero-order valence-electron chi connectivity index (χ0n) is 7.18. The van der Waals surface area contributed by atoms with Gasteiger partial charge in [0.05, 0.1) is 12.5 Å². The third kappa shape index (κ3) is 1.50. The molecule has 0 fully saturated rings. The van der Waals surface area contributed by atoms with Crippen LogP contribution in [0.4, 0.5) is 0 Å². The highest BCUT2D eigenvalue weighted by Gasteiger charge is 2.04. The summed E-state index contributed by atoms with van der Waals surface area (Å²) in [5, 5.41) is 8.63. The highest BCUT2D eigenvalue weighted by molar-refractivity contribution is 5.85. The molecule has 0 saturated carbocycles. The maximum absolute atomic E-state index is 10.5. The molecule has 4 nitrogen and oxygen atoms in total. The number of aromatic nitrogens is 1. The molecule has 0 aromatic carbocycles. The maximum atomic E-state index is 10.5. The largest absolute Gasteiger partial charge is 0.477 e. The second kappa shape index (κ2) is 3.33. The fourth-order valence-electron chi connectivity index (χ4n) is 1.12. The number of carboxylic acids is 1. The minimum absolute atomic E-state index is 0.0391. The average molecular weight is 189 g/mol. The van der Waals surface area contributed by atoms with E-state index >= 15 is 0 Å². The lowest BCUT2D eigenvalue weighted by molar-refractivity contribution is 0.0690. The molecule has 0 unspecified atom stereocenters. The minimum Gasteiger partial charge on any atom is -0.477 e. The SMILES string of the molecule is O=C(O)c1ccc(-c2ccoc2)cn1. The van der Waals surface area contributed by atoms with Crippen LogP contribution in [0.25, 0.3) is 11.1 Å². The Kier molecular flexibility index (Phi) is 2.02. The van der Waals surface area contributed by atoms with Gasteiger partial charge < -0.3 is 9.52 Å². The Morgan fingerprint density at radius 2 is 2.14 bits per heavy atom. The third-order valence-corrected chi connectivity index (χ3v) is 1.84. The Hall–Kier alpha value is -2.10. The number of rotatable bonds is 2. The average Bonchev–Trinajstić information content (AvgIpc) is 2.71. The van der Waals surface area contributed by atoms with Crippen LogP contribution in [0.5, 0.6) is 0 Å². The Morgan fingerprint density at radius 1 is 1.29 bits per heavy atom. The van der Waals surface area contributed by atoms with Crippen LogP contribution in [0.2, 0.25) is 0 Å². The number of furan rings is 1. The van der Waals surface area contributed by atoms with Crippen molar-refractivity contribution in [3.8, 4) is 11.1 Å². The normalized spacial score (nSPS) is 10.0. The molecule has 0 saturated heterocycles. The second-order valence-corrected chi connectivity index (χ2v) is 2.75. The molecule has 2 rings (SSSR count). The van der Waals surface area contributed by atoms with Gasteiger partial charge in [-0.05, 0) is 12.1 Å². The number of hydrogen-bond donors (Lipinski definition) is 1. The molecule has 70 valence electrons. The van der Waals surface area contributed by atoms with Crippen LogP contribution in [0, 0.1) is 0 Å². The van der Waals surface area contributed by atoms with Crippen molar-refractivity contribution in [2.24, 2.45) is 0 Å². The number of carbonyl (C=O) groups is 1. The van der Waals surface area contributed by atoms with Crippen molar-refractivity contribution >= 4 is 5.97 Å². The zero-order valence-corrected chi connectivity index (χ0v) is 7.18. The smallest absolute Gasteiger partial charge is 0.354 e. The summed E-state index contributed by atoms with van der Waals surface area (Å²) in [6.07, 6.45) is 4.65. The van der Waals surface area contributed by atoms with Crippen molar-refractivity contribution in [2.75, 3.05) is 0 Å². The highest BCUT2D eigenvalue weighted by Crippen LogP contribution is 2.18. The van der Waals surface area contributed by atoms with Gasteiger partial charge in [-0.15, -0.1) is 0 Å². The Bertz CT molecular complexity index is 431. The van der Waals surface area contributed by atoms with E-state index in [2.05, 4.69) is 4.98 Å². The molecular formula is C10H7NO3. The van der Waals surface area contributed by atoms with Crippen LogP contribution in [-0.2, 0) is 0 Å². The zero-order chi connectivity index (χ0) is 9.97. The van der Waals surface area contributed by atoms with Crippen LogP contribution < -0.4 is 0 Å². The topological polar surface area (TPSA) is 63.3 Å². The number of aromatic carboxylic acids is 1. The van der Waals surface area contributed by atoms with Gasteiger partial charge in [-0.3, -0.25) is 0 Å². The van der Waals surface area contributed by atoms with Crippen LogP contribution in [-0.4, -0.2) is 16.1 Å². The van der Waals surface area contributed by atoms with Crippen molar-refractivity contribution in [3.63, 3.8) is 0 Å². The lowest BCUT2D eigenvalue weighted by Gasteiger charge is -1.96. The van der Waals surface area contributed by atoms with Crippen molar-refractivity contribution < 1.29 is 14.3 Å². The lowest BCUT2D eigenvalue weighted by atomic mass is 10.1. The molecule has 0 atom stereocenters. The standard InChI is InChI=1S/C10H7NO3/c12-10(13)9-2-1-7(5-11-9)8-3-4-14-6-8/h1-6H,(H,12,13). The number of pyridine rings is 1. The second-order valence-electron chi connectivity index (χ2n) is 2.75. The van der Waals surface area contributed by atoms with Crippen LogP contribution in [0.1, 0.15) is 10.5 Å². The van der Waals surface area contributed by atoms with E-state index in [0.29, 0.717) is 0 Å². The molecule has 0 spiro atoms. The summed E-state index contributed by atoms with van der Waals surface area (Å²) in [6, 6.07) is 4.95. The molecule has 0 bridgehead atoms. The van der Waals surface area contributed by atoms with Crippen LogP contribution >= 0.6 is 0 Å². The molecule has 0 aliphatic heterocycles. The van der Waals surface area contributed by atoms with Crippen molar-refractivity contribution in [1.29, 1.82) is 0 Å². The van der Waals surface area contributed by atoms with E-state index in [1.54, 1.807) is 24.7 Å². The van der Waals surface area contributed by atoms with Gasteiger partial charge in [-0.25, -0.2) is 9.78 Å².